The van der Waals surface area contributed by atoms with Crippen molar-refractivity contribution in [3.8, 4) is 17.0 Å². The van der Waals surface area contributed by atoms with Crippen molar-refractivity contribution in [1.29, 1.82) is 0 Å². The van der Waals surface area contributed by atoms with Gasteiger partial charge >= 0.3 is 5.97 Å². The van der Waals surface area contributed by atoms with Crippen LogP contribution in [0.3, 0.4) is 0 Å². The highest BCUT2D eigenvalue weighted by atomic mass is 35.5. The van der Waals surface area contributed by atoms with Gasteiger partial charge in [-0.1, -0.05) is 34.8 Å². The summed E-state index contributed by atoms with van der Waals surface area (Å²) in [6.07, 6.45) is -0.209. The van der Waals surface area contributed by atoms with E-state index in [1.165, 1.54) is 19.2 Å². The first-order valence-corrected chi connectivity index (χ1v) is 6.96. The molecule has 0 bridgehead atoms. The zero-order chi connectivity index (χ0) is 15.6. The molecule has 2 aromatic rings. The minimum Gasteiger partial charge on any atom is -0.494 e. The minimum absolute atomic E-state index is 0.209. The van der Waals surface area contributed by atoms with Gasteiger partial charge < -0.3 is 9.84 Å². The van der Waals surface area contributed by atoms with E-state index in [0.29, 0.717) is 37.8 Å². The second-order valence-corrected chi connectivity index (χ2v) is 5.42. The zero-order valence-electron chi connectivity index (χ0n) is 10.9. The van der Waals surface area contributed by atoms with Gasteiger partial charge in [-0.2, -0.15) is 0 Å². The third-order valence-electron chi connectivity index (χ3n) is 2.71. The van der Waals surface area contributed by atoms with Gasteiger partial charge in [0.15, 0.2) is 0 Å². The molecule has 0 saturated heterocycles. The maximum absolute atomic E-state index is 10.8. The number of aliphatic carboxylic acids is 1. The van der Waals surface area contributed by atoms with Gasteiger partial charge in [0.2, 0.25) is 0 Å². The second kappa shape index (κ2) is 6.52. The lowest BCUT2D eigenvalue weighted by Gasteiger charge is -2.12. The van der Waals surface area contributed by atoms with E-state index in [-0.39, 0.29) is 6.42 Å². The van der Waals surface area contributed by atoms with Crippen molar-refractivity contribution in [2.75, 3.05) is 7.11 Å². The maximum Gasteiger partial charge on any atom is 0.309 e. The standard InChI is InChI=1S/C14H10Cl3NO3/c1-21-11-3-2-8(6-12(19)20)18-14(11)13-9(16)4-7(15)5-10(13)17/h2-5H,6H2,1H3,(H,19,20). The molecule has 21 heavy (non-hydrogen) atoms. The molecule has 7 heteroatoms. The fraction of sp³-hybridized carbons (Fsp3) is 0.143. The molecule has 0 aliphatic heterocycles. The van der Waals surface area contributed by atoms with E-state index in [0.717, 1.165) is 0 Å². The van der Waals surface area contributed by atoms with Crippen LogP contribution >= 0.6 is 34.8 Å². The molecule has 1 heterocycles. The maximum atomic E-state index is 10.8. The van der Waals surface area contributed by atoms with Gasteiger partial charge in [-0.25, -0.2) is 4.98 Å². The lowest BCUT2D eigenvalue weighted by molar-refractivity contribution is -0.136. The fourth-order valence-electron chi connectivity index (χ4n) is 1.85. The summed E-state index contributed by atoms with van der Waals surface area (Å²) in [5, 5.41) is 9.88. The molecule has 0 saturated carbocycles. The highest BCUT2D eigenvalue weighted by Crippen LogP contribution is 2.40. The molecule has 0 aliphatic rings. The van der Waals surface area contributed by atoms with E-state index in [4.69, 9.17) is 44.6 Å². The van der Waals surface area contributed by atoms with E-state index in [2.05, 4.69) is 4.98 Å². The van der Waals surface area contributed by atoms with Gasteiger partial charge in [0, 0.05) is 10.6 Å². The molecule has 0 amide bonds. The molecule has 0 aliphatic carbocycles. The average Bonchev–Trinajstić information content (AvgIpc) is 2.37. The van der Waals surface area contributed by atoms with Crippen LogP contribution in [0.1, 0.15) is 5.69 Å². The number of carbonyl (C=O) groups is 1. The Morgan fingerprint density at radius 1 is 1.24 bits per heavy atom. The van der Waals surface area contributed by atoms with Crippen molar-refractivity contribution in [1.82, 2.24) is 4.98 Å². The number of ether oxygens (including phenoxy) is 1. The van der Waals surface area contributed by atoms with Crippen molar-refractivity contribution >= 4 is 40.8 Å². The highest BCUT2D eigenvalue weighted by molar-refractivity contribution is 6.41. The molecule has 110 valence electrons. The third-order valence-corrected chi connectivity index (χ3v) is 3.53. The Morgan fingerprint density at radius 2 is 1.86 bits per heavy atom. The van der Waals surface area contributed by atoms with Gasteiger partial charge in [-0.15, -0.1) is 0 Å². The molecule has 0 spiro atoms. The van der Waals surface area contributed by atoms with E-state index < -0.39 is 5.97 Å². The Labute approximate surface area is 136 Å². The molecule has 1 N–H and O–H groups in total. The number of benzene rings is 1. The summed E-state index contributed by atoms with van der Waals surface area (Å²) in [4.78, 5) is 15.1. The van der Waals surface area contributed by atoms with Crippen LogP contribution in [0.25, 0.3) is 11.3 Å². The first-order valence-electron chi connectivity index (χ1n) is 5.83. The summed E-state index contributed by atoms with van der Waals surface area (Å²) < 4.78 is 5.24. The van der Waals surface area contributed by atoms with Crippen molar-refractivity contribution in [2.45, 2.75) is 6.42 Å². The van der Waals surface area contributed by atoms with Crippen LogP contribution in [0.2, 0.25) is 15.1 Å². The number of nitrogens with zero attached hydrogens (tertiary/aromatic N) is 1. The van der Waals surface area contributed by atoms with E-state index in [9.17, 15) is 4.79 Å². The quantitative estimate of drug-likeness (QED) is 0.894. The van der Waals surface area contributed by atoms with Crippen LogP contribution in [-0.4, -0.2) is 23.2 Å². The lowest BCUT2D eigenvalue weighted by Crippen LogP contribution is -2.04. The topological polar surface area (TPSA) is 59.4 Å². The van der Waals surface area contributed by atoms with Crippen molar-refractivity contribution in [3.05, 3.63) is 45.0 Å². The molecular formula is C14H10Cl3NO3. The number of pyridine rings is 1. The van der Waals surface area contributed by atoms with Crippen LogP contribution in [0.5, 0.6) is 5.75 Å². The van der Waals surface area contributed by atoms with Crippen LogP contribution in [0, 0.1) is 0 Å². The normalized spacial score (nSPS) is 10.5. The monoisotopic (exact) mass is 345 g/mol. The van der Waals surface area contributed by atoms with Crippen LogP contribution in [0.15, 0.2) is 24.3 Å². The van der Waals surface area contributed by atoms with E-state index in [1.54, 1.807) is 12.1 Å². The van der Waals surface area contributed by atoms with Gasteiger partial charge in [-0.3, -0.25) is 4.79 Å². The summed E-state index contributed by atoms with van der Waals surface area (Å²) in [6.45, 7) is 0. The number of hydrogen-bond donors (Lipinski definition) is 1. The molecule has 1 aromatic carbocycles. The number of hydrogen-bond acceptors (Lipinski definition) is 3. The zero-order valence-corrected chi connectivity index (χ0v) is 13.1. The molecule has 0 fully saturated rings. The Morgan fingerprint density at radius 3 is 2.38 bits per heavy atom. The third kappa shape index (κ3) is 3.59. The summed E-state index contributed by atoms with van der Waals surface area (Å²) in [6, 6.07) is 6.28. The first kappa shape index (κ1) is 15.9. The van der Waals surface area contributed by atoms with Crippen molar-refractivity contribution in [3.63, 3.8) is 0 Å². The number of aromatic nitrogens is 1. The molecule has 4 nitrogen and oxygen atoms in total. The van der Waals surface area contributed by atoms with Crippen LogP contribution < -0.4 is 4.74 Å². The number of carboxylic acids is 1. The Balaban J connectivity index is 2.64. The lowest BCUT2D eigenvalue weighted by atomic mass is 10.1. The number of rotatable bonds is 4. The molecule has 0 radical (unpaired) electrons. The van der Waals surface area contributed by atoms with Crippen molar-refractivity contribution in [2.24, 2.45) is 0 Å². The molecule has 1 aromatic heterocycles. The Bertz CT molecular complexity index is 681. The summed E-state index contributed by atoms with van der Waals surface area (Å²) in [5.74, 6) is -0.540. The summed E-state index contributed by atoms with van der Waals surface area (Å²) in [7, 11) is 1.48. The number of carboxylic acid groups (broad SMARTS) is 1. The predicted molar refractivity (Wildman–Crippen MR) is 82.6 cm³/mol. The fourth-order valence-corrected chi connectivity index (χ4v) is 2.85. The number of methoxy groups -OCH3 is 1. The summed E-state index contributed by atoms with van der Waals surface area (Å²) in [5.41, 5.74) is 1.20. The number of halogens is 3. The average molecular weight is 347 g/mol. The smallest absolute Gasteiger partial charge is 0.309 e. The Kier molecular flexibility index (Phi) is 4.93. The van der Waals surface area contributed by atoms with Gasteiger partial charge in [0.1, 0.15) is 11.4 Å². The molecular weight excluding hydrogens is 337 g/mol. The molecule has 0 unspecified atom stereocenters. The second-order valence-electron chi connectivity index (χ2n) is 4.17. The van der Waals surface area contributed by atoms with Gasteiger partial charge in [0.25, 0.3) is 0 Å². The largest absolute Gasteiger partial charge is 0.494 e. The summed E-state index contributed by atoms with van der Waals surface area (Å²) >= 11 is 18.2. The molecule has 2 rings (SSSR count). The molecule has 0 atom stereocenters. The first-order chi connectivity index (χ1) is 9.92. The van der Waals surface area contributed by atoms with E-state index in [1.807, 2.05) is 0 Å². The van der Waals surface area contributed by atoms with Crippen LogP contribution in [-0.2, 0) is 11.2 Å². The van der Waals surface area contributed by atoms with Crippen molar-refractivity contribution < 1.29 is 14.6 Å². The Hall–Kier alpha value is -1.49. The van der Waals surface area contributed by atoms with Gasteiger partial charge in [0.05, 0.1) is 29.3 Å². The SMILES string of the molecule is COc1ccc(CC(=O)O)nc1-c1c(Cl)cc(Cl)cc1Cl. The predicted octanol–water partition coefficient (Wildman–Crippen LogP) is 4.34. The van der Waals surface area contributed by atoms with Gasteiger partial charge in [-0.05, 0) is 24.3 Å². The minimum atomic E-state index is -0.980. The van der Waals surface area contributed by atoms with E-state index >= 15 is 0 Å². The van der Waals surface area contributed by atoms with Crippen LogP contribution in [0.4, 0.5) is 0 Å². The highest BCUT2D eigenvalue weighted by Gasteiger charge is 2.17.